The highest BCUT2D eigenvalue weighted by Gasteiger charge is 2.28. The molecule has 2 heterocycles. The van der Waals surface area contributed by atoms with Crippen molar-refractivity contribution in [1.82, 2.24) is 10.2 Å². The van der Waals surface area contributed by atoms with Crippen LogP contribution in [0.3, 0.4) is 0 Å². The van der Waals surface area contributed by atoms with Crippen molar-refractivity contribution in [3.63, 3.8) is 0 Å². The minimum Gasteiger partial charge on any atom is -0.356 e. The predicted molar refractivity (Wildman–Crippen MR) is 58.5 cm³/mol. The first kappa shape index (κ1) is 10.8. The summed E-state index contributed by atoms with van der Waals surface area (Å²) in [6, 6.07) is -0.0337. The van der Waals surface area contributed by atoms with E-state index < -0.39 is 9.84 Å². The predicted octanol–water partition coefficient (Wildman–Crippen LogP) is -0.404. The van der Waals surface area contributed by atoms with E-state index in [0.29, 0.717) is 18.1 Å². The number of nitrogens with zero attached hydrogens (tertiary/aromatic N) is 2. The fourth-order valence-corrected chi connectivity index (χ4v) is 3.85. The van der Waals surface area contributed by atoms with Crippen LogP contribution in [-0.2, 0) is 16.4 Å². The zero-order chi connectivity index (χ0) is 10.9. The van der Waals surface area contributed by atoms with Gasteiger partial charge in [-0.05, 0) is 6.42 Å². The van der Waals surface area contributed by atoms with E-state index in [4.69, 9.17) is 5.73 Å². The molecule has 3 N–H and O–H groups in total. The standard InChI is InChI=1S/C7H12N4O2S2/c8-3-6-10-11-7(14-6)9-5-1-2-15(12,13)4-5/h5H,1-4,8H2,(H,9,11). The first-order valence-corrected chi connectivity index (χ1v) is 7.22. The summed E-state index contributed by atoms with van der Waals surface area (Å²) in [5.41, 5.74) is 5.40. The number of anilines is 1. The van der Waals surface area contributed by atoms with Crippen LogP contribution >= 0.6 is 11.3 Å². The fourth-order valence-electron chi connectivity index (χ4n) is 1.48. The molecule has 1 fully saturated rings. The summed E-state index contributed by atoms with van der Waals surface area (Å²) >= 11 is 1.37. The quantitative estimate of drug-likeness (QED) is 0.755. The molecule has 6 nitrogen and oxygen atoms in total. The molecule has 84 valence electrons. The number of hydrogen-bond acceptors (Lipinski definition) is 7. The second-order valence-corrected chi connectivity index (χ2v) is 6.74. The van der Waals surface area contributed by atoms with Gasteiger partial charge in [-0.15, -0.1) is 10.2 Å². The Balaban J connectivity index is 1.98. The SMILES string of the molecule is NCc1nnc(NC2CCS(=O)(=O)C2)s1. The van der Waals surface area contributed by atoms with Gasteiger partial charge in [0.1, 0.15) is 5.01 Å². The Kier molecular flexibility index (Phi) is 2.89. The normalized spacial score (nSPS) is 24.2. The van der Waals surface area contributed by atoms with Crippen LogP contribution < -0.4 is 11.1 Å². The molecular weight excluding hydrogens is 236 g/mol. The van der Waals surface area contributed by atoms with E-state index in [2.05, 4.69) is 15.5 Å². The molecule has 0 aliphatic carbocycles. The molecule has 1 unspecified atom stereocenters. The van der Waals surface area contributed by atoms with Gasteiger partial charge in [0.15, 0.2) is 9.84 Å². The highest BCUT2D eigenvalue weighted by molar-refractivity contribution is 7.91. The molecule has 0 saturated carbocycles. The number of aromatic nitrogens is 2. The molecule has 1 atom stereocenters. The van der Waals surface area contributed by atoms with E-state index >= 15 is 0 Å². The van der Waals surface area contributed by atoms with Gasteiger partial charge in [-0.1, -0.05) is 11.3 Å². The Bertz CT molecular complexity index is 442. The number of rotatable bonds is 3. The smallest absolute Gasteiger partial charge is 0.205 e. The zero-order valence-electron chi connectivity index (χ0n) is 8.01. The molecule has 0 radical (unpaired) electrons. The van der Waals surface area contributed by atoms with E-state index in [1.54, 1.807) is 0 Å². The lowest BCUT2D eigenvalue weighted by Crippen LogP contribution is -2.20. The molecule has 2 rings (SSSR count). The second-order valence-electron chi connectivity index (χ2n) is 3.45. The number of nitrogens with two attached hydrogens (primary N) is 1. The third kappa shape index (κ3) is 2.64. The maximum absolute atomic E-state index is 11.2. The largest absolute Gasteiger partial charge is 0.356 e. The van der Waals surface area contributed by atoms with E-state index in [9.17, 15) is 8.42 Å². The van der Waals surface area contributed by atoms with Crippen LogP contribution in [0.4, 0.5) is 5.13 Å². The van der Waals surface area contributed by atoms with Gasteiger partial charge in [0, 0.05) is 12.6 Å². The molecule has 8 heteroatoms. The monoisotopic (exact) mass is 248 g/mol. The van der Waals surface area contributed by atoms with Crippen molar-refractivity contribution in [2.24, 2.45) is 5.73 Å². The molecule has 0 aromatic carbocycles. The Morgan fingerprint density at radius 1 is 1.53 bits per heavy atom. The molecule has 1 aromatic heterocycles. The van der Waals surface area contributed by atoms with Crippen molar-refractivity contribution >= 4 is 26.3 Å². The molecule has 0 amide bonds. The molecule has 0 bridgehead atoms. The van der Waals surface area contributed by atoms with Crippen molar-refractivity contribution < 1.29 is 8.42 Å². The minimum atomic E-state index is -2.85. The van der Waals surface area contributed by atoms with Crippen LogP contribution in [0.15, 0.2) is 0 Å². The van der Waals surface area contributed by atoms with E-state index in [-0.39, 0.29) is 17.5 Å². The highest BCUT2D eigenvalue weighted by atomic mass is 32.2. The van der Waals surface area contributed by atoms with Crippen LogP contribution in [0, 0.1) is 0 Å². The highest BCUT2D eigenvalue weighted by Crippen LogP contribution is 2.20. The van der Waals surface area contributed by atoms with Gasteiger partial charge in [0.05, 0.1) is 11.5 Å². The third-order valence-electron chi connectivity index (χ3n) is 2.20. The summed E-state index contributed by atoms with van der Waals surface area (Å²) in [7, 11) is -2.85. The molecule has 1 aromatic rings. The van der Waals surface area contributed by atoms with Crippen LogP contribution in [0.5, 0.6) is 0 Å². The number of hydrogen-bond donors (Lipinski definition) is 2. The summed E-state index contributed by atoms with van der Waals surface area (Å²) in [6.45, 7) is 0.363. The summed E-state index contributed by atoms with van der Waals surface area (Å²) < 4.78 is 22.4. The van der Waals surface area contributed by atoms with E-state index in [1.165, 1.54) is 11.3 Å². The van der Waals surface area contributed by atoms with E-state index in [1.807, 2.05) is 0 Å². The van der Waals surface area contributed by atoms with Gasteiger partial charge < -0.3 is 11.1 Å². The lowest BCUT2D eigenvalue weighted by Gasteiger charge is -2.07. The Hall–Kier alpha value is -0.730. The Morgan fingerprint density at radius 2 is 2.33 bits per heavy atom. The topological polar surface area (TPSA) is 98.0 Å². The van der Waals surface area contributed by atoms with Gasteiger partial charge in [-0.2, -0.15) is 0 Å². The summed E-state index contributed by atoms with van der Waals surface area (Å²) in [4.78, 5) is 0. The molecule has 0 spiro atoms. The molecule has 1 aliphatic heterocycles. The Labute approximate surface area is 91.8 Å². The summed E-state index contributed by atoms with van der Waals surface area (Å²) in [5, 5.41) is 12.2. The maximum atomic E-state index is 11.2. The number of nitrogens with one attached hydrogen (secondary N) is 1. The lowest BCUT2D eigenvalue weighted by molar-refractivity contribution is 0.602. The minimum absolute atomic E-state index is 0.0337. The second kappa shape index (κ2) is 4.03. The maximum Gasteiger partial charge on any atom is 0.205 e. The first-order chi connectivity index (χ1) is 7.09. The van der Waals surface area contributed by atoms with Crippen molar-refractivity contribution in [3.8, 4) is 0 Å². The van der Waals surface area contributed by atoms with Gasteiger partial charge in [0.25, 0.3) is 0 Å². The Morgan fingerprint density at radius 3 is 2.87 bits per heavy atom. The lowest BCUT2D eigenvalue weighted by atomic mass is 10.3. The zero-order valence-corrected chi connectivity index (χ0v) is 9.64. The van der Waals surface area contributed by atoms with Crippen LogP contribution in [-0.4, -0.2) is 36.2 Å². The fraction of sp³-hybridized carbons (Fsp3) is 0.714. The van der Waals surface area contributed by atoms with Crippen LogP contribution in [0.1, 0.15) is 11.4 Å². The first-order valence-electron chi connectivity index (χ1n) is 4.58. The van der Waals surface area contributed by atoms with Gasteiger partial charge >= 0.3 is 0 Å². The van der Waals surface area contributed by atoms with Gasteiger partial charge in [0.2, 0.25) is 5.13 Å². The molecule has 1 saturated heterocycles. The van der Waals surface area contributed by atoms with Crippen LogP contribution in [0.2, 0.25) is 0 Å². The molecule has 1 aliphatic rings. The number of sulfone groups is 1. The average molecular weight is 248 g/mol. The average Bonchev–Trinajstić information content (AvgIpc) is 2.73. The van der Waals surface area contributed by atoms with Crippen molar-refractivity contribution in [2.45, 2.75) is 19.0 Å². The van der Waals surface area contributed by atoms with Crippen molar-refractivity contribution in [3.05, 3.63) is 5.01 Å². The van der Waals surface area contributed by atoms with Gasteiger partial charge in [-0.3, -0.25) is 0 Å². The van der Waals surface area contributed by atoms with Crippen molar-refractivity contribution in [1.29, 1.82) is 0 Å². The van der Waals surface area contributed by atoms with Crippen molar-refractivity contribution in [2.75, 3.05) is 16.8 Å². The summed E-state index contributed by atoms with van der Waals surface area (Å²) in [6.07, 6.45) is 0.639. The molecular formula is C7H12N4O2S2. The van der Waals surface area contributed by atoms with Crippen LogP contribution in [0.25, 0.3) is 0 Å². The summed E-state index contributed by atoms with van der Waals surface area (Å²) in [5.74, 6) is 0.442. The molecule has 15 heavy (non-hydrogen) atoms. The third-order valence-corrected chi connectivity index (χ3v) is 4.85. The van der Waals surface area contributed by atoms with Gasteiger partial charge in [-0.25, -0.2) is 8.42 Å². The van der Waals surface area contributed by atoms with E-state index in [0.717, 1.165) is 5.01 Å².